The van der Waals surface area contributed by atoms with Gasteiger partial charge >= 0.3 is 6.09 Å². The zero-order valence-corrected chi connectivity index (χ0v) is 31.2. The Hall–Kier alpha value is -1.81. The van der Waals surface area contributed by atoms with Crippen LogP contribution in [0.2, 0.25) is 0 Å². The summed E-state index contributed by atoms with van der Waals surface area (Å²) in [5.41, 5.74) is 5.52. The molecule has 4 nitrogen and oxygen atoms in total. The molecule has 2 atom stereocenters. The fourth-order valence-electron chi connectivity index (χ4n) is 6.13. The molecule has 46 heavy (non-hydrogen) atoms. The van der Waals surface area contributed by atoms with Gasteiger partial charge in [0.1, 0.15) is 6.10 Å². The van der Waals surface area contributed by atoms with Crippen molar-refractivity contribution in [2.45, 2.75) is 187 Å². The van der Waals surface area contributed by atoms with Crippen molar-refractivity contribution in [3.05, 3.63) is 48.6 Å². The highest BCUT2D eigenvalue weighted by molar-refractivity contribution is 5.64. The molecule has 268 valence electrons. The molecule has 0 saturated heterocycles. The molecule has 0 spiro atoms. The quantitative estimate of drug-likeness (QED) is 0.0561. The van der Waals surface area contributed by atoms with Gasteiger partial charge in [0, 0.05) is 12.5 Å². The molecule has 0 bridgehead atoms. The molecule has 0 aliphatic heterocycles. The van der Waals surface area contributed by atoms with Crippen LogP contribution < -0.4 is 5.73 Å². The predicted molar refractivity (Wildman–Crippen MR) is 204 cm³/mol. The van der Waals surface area contributed by atoms with E-state index < -0.39 is 6.09 Å². The van der Waals surface area contributed by atoms with E-state index in [9.17, 15) is 4.79 Å². The van der Waals surface area contributed by atoms with E-state index in [1.165, 1.54) is 135 Å². The predicted octanol–water partition coefficient (Wildman–Crippen LogP) is 13.0. The third kappa shape index (κ3) is 33.6. The molecule has 1 amide bonds. The SMILES string of the molecule is CCCCC/C=C\C/C=C\CCCCCCCCC(CN(C)C)C(CCCCCCCC/C=C\C/C=C\CCCCC)OC(N)=O. The Morgan fingerprint density at radius 3 is 1.30 bits per heavy atom. The van der Waals surface area contributed by atoms with Crippen molar-refractivity contribution in [3.8, 4) is 0 Å². The van der Waals surface area contributed by atoms with Crippen LogP contribution in [0.4, 0.5) is 4.79 Å². The molecule has 0 aromatic rings. The Morgan fingerprint density at radius 1 is 0.543 bits per heavy atom. The molecule has 0 saturated carbocycles. The average molecular weight is 643 g/mol. The van der Waals surface area contributed by atoms with Gasteiger partial charge in [0.2, 0.25) is 0 Å². The topological polar surface area (TPSA) is 55.6 Å². The van der Waals surface area contributed by atoms with Crippen molar-refractivity contribution in [2.75, 3.05) is 20.6 Å². The van der Waals surface area contributed by atoms with Crippen LogP contribution in [-0.2, 0) is 4.74 Å². The smallest absolute Gasteiger partial charge is 0.404 e. The summed E-state index contributed by atoms with van der Waals surface area (Å²) in [6.07, 6.45) is 50.1. The van der Waals surface area contributed by atoms with Gasteiger partial charge in [-0.15, -0.1) is 0 Å². The van der Waals surface area contributed by atoms with Gasteiger partial charge in [-0.1, -0.05) is 146 Å². The van der Waals surface area contributed by atoms with Crippen LogP contribution >= 0.6 is 0 Å². The van der Waals surface area contributed by atoms with Gasteiger partial charge in [-0.25, -0.2) is 4.79 Å². The minimum atomic E-state index is -0.620. The van der Waals surface area contributed by atoms with E-state index in [0.717, 1.165) is 38.6 Å². The van der Waals surface area contributed by atoms with Crippen molar-refractivity contribution in [1.82, 2.24) is 4.90 Å². The first kappa shape index (κ1) is 44.2. The van der Waals surface area contributed by atoms with Gasteiger partial charge in [0.05, 0.1) is 0 Å². The molecule has 0 aromatic heterocycles. The normalized spacial score (nSPS) is 13.7. The monoisotopic (exact) mass is 643 g/mol. The van der Waals surface area contributed by atoms with Crippen molar-refractivity contribution in [1.29, 1.82) is 0 Å². The van der Waals surface area contributed by atoms with E-state index in [4.69, 9.17) is 10.5 Å². The van der Waals surface area contributed by atoms with E-state index in [2.05, 4.69) is 81.5 Å². The lowest BCUT2D eigenvalue weighted by atomic mass is 9.90. The second kappa shape index (κ2) is 36.0. The molecule has 2 N–H and O–H groups in total. The number of hydrogen-bond acceptors (Lipinski definition) is 3. The van der Waals surface area contributed by atoms with E-state index >= 15 is 0 Å². The Bertz CT molecular complexity index is 755. The first-order valence-corrected chi connectivity index (χ1v) is 19.7. The highest BCUT2D eigenvalue weighted by atomic mass is 16.6. The third-order valence-electron chi connectivity index (χ3n) is 8.86. The molecule has 0 radical (unpaired) electrons. The second-order valence-corrected chi connectivity index (χ2v) is 13.7. The average Bonchev–Trinajstić information content (AvgIpc) is 3.02. The molecular formula is C42H78N2O2. The van der Waals surface area contributed by atoms with Crippen LogP contribution in [0.25, 0.3) is 0 Å². The number of carbonyl (C=O) groups is 1. The highest BCUT2D eigenvalue weighted by Crippen LogP contribution is 2.24. The molecule has 0 aromatic carbocycles. The van der Waals surface area contributed by atoms with Crippen molar-refractivity contribution < 1.29 is 9.53 Å². The summed E-state index contributed by atoms with van der Waals surface area (Å²) in [7, 11) is 4.24. The fraction of sp³-hybridized carbons (Fsp3) is 0.786. The van der Waals surface area contributed by atoms with Crippen molar-refractivity contribution in [2.24, 2.45) is 11.7 Å². The van der Waals surface area contributed by atoms with Crippen molar-refractivity contribution in [3.63, 3.8) is 0 Å². The van der Waals surface area contributed by atoms with Crippen LogP contribution in [0.3, 0.4) is 0 Å². The largest absolute Gasteiger partial charge is 0.446 e. The van der Waals surface area contributed by atoms with Crippen LogP contribution in [0, 0.1) is 5.92 Å². The van der Waals surface area contributed by atoms with Gasteiger partial charge < -0.3 is 15.4 Å². The van der Waals surface area contributed by atoms with Crippen LogP contribution in [0.5, 0.6) is 0 Å². The minimum absolute atomic E-state index is 0.0660. The van der Waals surface area contributed by atoms with Gasteiger partial charge in [-0.2, -0.15) is 0 Å². The summed E-state index contributed by atoms with van der Waals surface area (Å²) in [4.78, 5) is 14.0. The highest BCUT2D eigenvalue weighted by Gasteiger charge is 2.24. The number of unbranched alkanes of at least 4 members (excludes halogenated alkanes) is 18. The molecule has 0 fully saturated rings. The van der Waals surface area contributed by atoms with Crippen molar-refractivity contribution >= 4 is 6.09 Å². The zero-order chi connectivity index (χ0) is 33.8. The molecular weight excluding hydrogens is 564 g/mol. The van der Waals surface area contributed by atoms with E-state index in [1.807, 2.05) is 0 Å². The van der Waals surface area contributed by atoms with E-state index in [-0.39, 0.29) is 6.10 Å². The lowest BCUT2D eigenvalue weighted by Gasteiger charge is -2.29. The Balaban J connectivity index is 4.10. The third-order valence-corrected chi connectivity index (χ3v) is 8.86. The number of allylic oxidation sites excluding steroid dienone is 8. The Kier molecular flexibility index (Phi) is 34.6. The van der Waals surface area contributed by atoms with E-state index in [0.29, 0.717) is 5.92 Å². The van der Waals surface area contributed by atoms with Crippen LogP contribution in [-0.4, -0.2) is 37.7 Å². The van der Waals surface area contributed by atoms with Gasteiger partial charge in [-0.3, -0.25) is 0 Å². The summed E-state index contributed by atoms with van der Waals surface area (Å²) in [6, 6.07) is 0. The number of nitrogens with zero attached hydrogens (tertiary/aromatic N) is 1. The summed E-state index contributed by atoms with van der Waals surface area (Å²) >= 11 is 0. The second-order valence-electron chi connectivity index (χ2n) is 13.7. The lowest BCUT2D eigenvalue weighted by molar-refractivity contribution is 0.0467. The molecule has 0 aliphatic rings. The van der Waals surface area contributed by atoms with E-state index in [1.54, 1.807) is 0 Å². The summed E-state index contributed by atoms with van der Waals surface area (Å²) in [5.74, 6) is 0.353. The summed E-state index contributed by atoms with van der Waals surface area (Å²) in [6.45, 7) is 5.46. The maximum Gasteiger partial charge on any atom is 0.404 e. The number of amides is 1. The number of nitrogens with two attached hydrogens (primary N) is 1. The maximum absolute atomic E-state index is 11.8. The number of primary amides is 1. The first-order chi connectivity index (χ1) is 22.5. The maximum atomic E-state index is 11.8. The lowest BCUT2D eigenvalue weighted by Crippen LogP contribution is -2.35. The van der Waals surface area contributed by atoms with Gasteiger partial charge in [0.25, 0.3) is 0 Å². The molecule has 2 unspecified atom stereocenters. The minimum Gasteiger partial charge on any atom is -0.446 e. The number of rotatable bonds is 34. The van der Waals surface area contributed by atoms with Crippen LogP contribution in [0.15, 0.2) is 48.6 Å². The van der Waals surface area contributed by atoms with Gasteiger partial charge in [-0.05, 0) is 97.6 Å². The molecule has 4 heteroatoms. The Morgan fingerprint density at radius 2 is 0.913 bits per heavy atom. The molecule has 0 aliphatic carbocycles. The number of carbonyl (C=O) groups excluding carboxylic acids is 1. The fourth-order valence-corrected chi connectivity index (χ4v) is 6.13. The number of hydrogen-bond donors (Lipinski definition) is 1. The standard InChI is InChI=1S/C42H78N2O2/c1-5-7-9-11-13-15-17-19-21-23-25-27-29-31-33-35-37-40(39-44(3)4)41(46-42(43)45)38-36-34-32-30-28-26-24-22-20-18-16-14-12-10-8-6-2/h13-16,19-22,40-41H,5-12,17-18,23-39H2,1-4H3,(H2,43,45)/b15-13-,16-14-,21-19-,22-20-. The zero-order valence-electron chi connectivity index (χ0n) is 31.2. The first-order valence-electron chi connectivity index (χ1n) is 19.7. The summed E-state index contributed by atoms with van der Waals surface area (Å²) < 4.78 is 5.71. The summed E-state index contributed by atoms with van der Waals surface area (Å²) in [5, 5.41) is 0. The number of ether oxygens (including phenoxy) is 1. The van der Waals surface area contributed by atoms with Crippen LogP contribution in [0.1, 0.15) is 181 Å². The molecule has 0 rings (SSSR count). The van der Waals surface area contributed by atoms with Gasteiger partial charge in [0.15, 0.2) is 0 Å². The Labute approximate surface area is 287 Å². The molecule has 0 heterocycles.